The zero-order chi connectivity index (χ0) is 19.0. The Morgan fingerprint density at radius 1 is 1.04 bits per heavy atom. The maximum Gasteiger partial charge on any atom is 0.333 e. The molecule has 0 aromatic carbocycles. The summed E-state index contributed by atoms with van der Waals surface area (Å²) in [6, 6.07) is 0. The van der Waals surface area contributed by atoms with Crippen LogP contribution in [0.25, 0.3) is 0 Å². The second kappa shape index (κ2) is 7.58. The highest BCUT2D eigenvalue weighted by molar-refractivity contribution is 5.87. The molecule has 3 fully saturated rings. The Balaban J connectivity index is 1.58. The van der Waals surface area contributed by atoms with Crippen LogP contribution in [-0.4, -0.2) is 24.6 Å². The maximum atomic E-state index is 11.9. The summed E-state index contributed by atoms with van der Waals surface area (Å²) in [5, 5.41) is 0. The van der Waals surface area contributed by atoms with Crippen LogP contribution < -0.4 is 0 Å². The molecule has 3 saturated carbocycles. The lowest BCUT2D eigenvalue weighted by atomic mass is 9.70. The minimum absolute atomic E-state index is 0.0438. The molecule has 0 aromatic rings. The molecular weight excluding hydrogens is 328 g/mol. The molecule has 4 heteroatoms. The largest absolute Gasteiger partial charge is 0.462 e. The molecule has 0 amide bonds. The van der Waals surface area contributed by atoms with Crippen molar-refractivity contribution >= 4 is 11.9 Å². The van der Waals surface area contributed by atoms with Gasteiger partial charge >= 0.3 is 11.9 Å². The summed E-state index contributed by atoms with van der Waals surface area (Å²) in [4.78, 5) is 23.5. The summed E-state index contributed by atoms with van der Waals surface area (Å²) in [5.74, 6) is 3.47. The van der Waals surface area contributed by atoms with E-state index >= 15 is 0 Å². The third-order valence-electron chi connectivity index (χ3n) is 7.02. The van der Waals surface area contributed by atoms with Crippen molar-refractivity contribution in [1.29, 1.82) is 0 Å². The summed E-state index contributed by atoms with van der Waals surface area (Å²) in [6.07, 6.45) is 5.90. The predicted octanol–water partition coefficient (Wildman–Crippen LogP) is 4.30. The van der Waals surface area contributed by atoms with Crippen LogP contribution in [0.2, 0.25) is 0 Å². The van der Waals surface area contributed by atoms with Gasteiger partial charge in [-0.2, -0.15) is 0 Å². The molecule has 3 aliphatic carbocycles. The van der Waals surface area contributed by atoms with Crippen molar-refractivity contribution < 1.29 is 19.1 Å². The van der Waals surface area contributed by atoms with Gasteiger partial charge in [0.1, 0.15) is 6.10 Å². The molecule has 7 unspecified atom stereocenters. The van der Waals surface area contributed by atoms with Crippen LogP contribution in [0.15, 0.2) is 24.3 Å². The summed E-state index contributed by atoms with van der Waals surface area (Å²) in [5.41, 5.74) is 0.929. The van der Waals surface area contributed by atoms with Crippen molar-refractivity contribution in [3.63, 3.8) is 0 Å². The lowest BCUT2D eigenvalue weighted by Crippen LogP contribution is -2.36. The van der Waals surface area contributed by atoms with Crippen LogP contribution in [-0.2, 0) is 19.1 Å². The first-order valence-corrected chi connectivity index (χ1v) is 9.98. The van der Waals surface area contributed by atoms with Gasteiger partial charge in [-0.05, 0) is 88.4 Å². The molecule has 3 rings (SSSR count). The summed E-state index contributed by atoms with van der Waals surface area (Å²) in [7, 11) is 0. The Bertz CT molecular complexity index is 607. The van der Waals surface area contributed by atoms with E-state index in [1.807, 2.05) is 6.92 Å². The number of carbonyl (C=O) groups excluding carboxylic acids is 2. The van der Waals surface area contributed by atoms with Crippen molar-refractivity contribution in [1.82, 2.24) is 0 Å². The number of fused-ring (bicyclic) bond motifs is 5. The van der Waals surface area contributed by atoms with E-state index in [0.29, 0.717) is 41.4 Å². The van der Waals surface area contributed by atoms with E-state index in [2.05, 4.69) is 13.2 Å². The maximum absolute atomic E-state index is 11.9. The van der Waals surface area contributed by atoms with E-state index < -0.39 is 0 Å². The summed E-state index contributed by atoms with van der Waals surface area (Å²) >= 11 is 0. The average molecular weight is 360 g/mol. The van der Waals surface area contributed by atoms with E-state index in [9.17, 15) is 9.59 Å². The minimum atomic E-state index is -0.286. The lowest BCUT2D eigenvalue weighted by molar-refractivity contribution is -0.147. The van der Waals surface area contributed by atoms with Gasteiger partial charge in [-0.3, -0.25) is 0 Å². The van der Waals surface area contributed by atoms with Crippen LogP contribution in [0, 0.1) is 35.5 Å². The monoisotopic (exact) mass is 360 g/mol. The fourth-order valence-electron chi connectivity index (χ4n) is 5.95. The zero-order valence-electron chi connectivity index (χ0n) is 16.3. The van der Waals surface area contributed by atoms with Crippen LogP contribution in [0.1, 0.15) is 52.9 Å². The van der Waals surface area contributed by atoms with Gasteiger partial charge in [0.25, 0.3) is 0 Å². The lowest BCUT2D eigenvalue weighted by Gasteiger charge is -2.37. The zero-order valence-corrected chi connectivity index (χ0v) is 16.3. The predicted molar refractivity (Wildman–Crippen MR) is 100 cm³/mol. The Morgan fingerprint density at radius 2 is 1.73 bits per heavy atom. The van der Waals surface area contributed by atoms with E-state index in [0.717, 1.165) is 18.3 Å². The fraction of sp³-hybridized carbons (Fsp3) is 0.727. The van der Waals surface area contributed by atoms with Gasteiger partial charge in [-0.15, -0.1) is 0 Å². The molecule has 0 aliphatic heterocycles. The fourth-order valence-corrected chi connectivity index (χ4v) is 5.95. The molecule has 4 nitrogen and oxygen atoms in total. The second-order valence-corrected chi connectivity index (χ2v) is 8.73. The number of hydrogen-bond donors (Lipinski definition) is 0. The van der Waals surface area contributed by atoms with E-state index in [1.165, 1.54) is 25.7 Å². The third kappa shape index (κ3) is 3.60. The first kappa shape index (κ1) is 19.2. The Hall–Kier alpha value is -1.58. The van der Waals surface area contributed by atoms with E-state index in [4.69, 9.17) is 9.47 Å². The van der Waals surface area contributed by atoms with Gasteiger partial charge in [0.2, 0.25) is 0 Å². The Morgan fingerprint density at radius 3 is 2.38 bits per heavy atom. The van der Waals surface area contributed by atoms with Crippen LogP contribution in [0.4, 0.5) is 0 Å². The molecule has 0 aromatic heterocycles. The first-order chi connectivity index (χ1) is 12.3. The summed E-state index contributed by atoms with van der Waals surface area (Å²) < 4.78 is 11.0. The minimum Gasteiger partial charge on any atom is -0.462 e. The molecule has 26 heavy (non-hydrogen) atoms. The molecular formula is C22H32O4. The number of carbonyl (C=O) groups is 2. The van der Waals surface area contributed by atoms with Gasteiger partial charge < -0.3 is 9.47 Å². The van der Waals surface area contributed by atoms with Crippen molar-refractivity contribution in [2.24, 2.45) is 35.5 Å². The number of rotatable bonds is 7. The smallest absolute Gasteiger partial charge is 0.333 e. The van der Waals surface area contributed by atoms with Crippen molar-refractivity contribution in [2.75, 3.05) is 6.61 Å². The third-order valence-corrected chi connectivity index (χ3v) is 7.02. The number of ether oxygens (including phenoxy) is 2. The second-order valence-electron chi connectivity index (χ2n) is 8.73. The van der Waals surface area contributed by atoms with Crippen molar-refractivity contribution in [2.45, 2.75) is 59.0 Å². The van der Waals surface area contributed by atoms with E-state index in [1.54, 1.807) is 13.8 Å². The Kier molecular flexibility index (Phi) is 5.59. The molecule has 0 spiro atoms. The molecule has 0 radical (unpaired) electrons. The van der Waals surface area contributed by atoms with Gasteiger partial charge in [-0.1, -0.05) is 13.2 Å². The van der Waals surface area contributed by atoms with Crippen LogP contribution in [0.3, 0.4) is 0 Å². The van der Waals surface area contributed by atoms with Gasteiger partial charge in [-0.25, -0.2) is 9.59 Å². The van der Waals surface area contributed by atoms with Crippen molar-refractivity contribution in [3.8, 4) is 0 Å². The van der Waals surface area contributed by atoms with Crippen LogP contribution in [0.5, 0.6) is 0 Å². The van der Waals surface area contributed by atoms with Gasteiger partial charge in [0.15, 0.2) is 0 Å². The van der Waals surface area contributed by atoms with Gasteiger partial charge in [0, 0.05) is 11.1 Å². The normalized spacial score (nSPS) is 35.7. The quantitative estimate of drug-likeness (QED) is 0.502. The highest BCUT2D eigenvalue weighted by atomic mass is 16.5. The first-order valence-electron chi connectivity index (χ1n) is 9.98. The van der Waals surface area contributed by atoms with E-state index in [-0.39, 0.29) is 18.0 Å². The average Bonchev–Trinajstić information content (AvgIpc) is 3.26. The van der Waals surface area contributed by atoms with Gasteiger partial charge in [0.05, 0.1) is 6.61 Å². The van der Waals surface area contributed by atoms with Crippen molar-refractivity contribution in [3.05, 3.63) is 24.3 Å². The standard InChI is InChI=1S/C22H32O4/c1-12(2)21(23)25-9-8-15-6-7-17-16-10-18(19(11-16)20(15)17)14(5)26-22(24)13(3)4/h14-20H,1,3,6-11H2,2,4-5H3. The molecule has 3 aliphatic rings. The SMILES string of the molecule is C=C(C)C(=O)OCCC1CCC2C3CC(C(C)OC(=O)C(=C)C)C(C3)C12. The summed E-state index contributed by atoms with van der Waals surface area (Å²) in [6.45, 7) is 13.2. The molecule has 0 heterocycles. The Labute approximate surface area is 157 Å². The highest BCUT2D eigenvalue weighted by Crippen LogP contribution is 2.64. The number of hydrogen-bond acceptors (Lipinski definition) is 4. The molecule has 144 valence electrons. The topological polar surface area (TPSA) is 52.6 Å². The highest BCUT2D eigenvalue weighted by Gasteiger charge is 2.58. The van der Waals surface area contributed by atoms with Crippen LogP contribution >= 0.6 is 0 Å². The molecule has 7 atom stereocenters. The molecule has 0 saturated heterocycles. The molecule has 2 bridgehead atoms. The number of esters is 2. The molecule has 0 N–H and O–H groups in total.